The van der Waals surface area contributed by atoms with Crippen molar-refractivity contribution in [1.82, 2.24) is 14.9 Å². The molecule has 0 saturated heterocycles. The van der Waals surface area contributed by atoms with Gasteiger partial charge in [0.05, 0.1) is 11.3 Å². The molecule has 0 heterocycles. The molecule has 0 aliphatic carbocycles. The minimum absolute atomic E-state index is 0.0133. The van der Waals surface area contributed by atoms with Gasteiger partial charge in [0.15, 0.2) is 5.96 Å². The van der Waals surface area contributed by atoms with E-state index in [0.717, 1.165) is 12.1 Å². The molecule has 0 aromatic heterocycles. The summed E-state index contributed by atoms with van der Waals surface area (Å²) in [5.41, 5.74) is -1.16. The largest absolute Gasteiger partial charge is 0.416 e. The number of hydrogen-bond donors (Lipinski definition) is 2. The van der Waals surface area contributed by atoms with Crippen LogP contribution in [0.5, 0.6) is 0 Å². The predicted molar refractivity (Wildman–Crippen MR) is 96.3 cm³/mol. The molecule has 154 valence electrons. The van der Waals surface area contributed by atoms with Gasteiger partial charge < -0.3 is 10.6 Å². The highest BCUT2D eigenvalue weighted by atomic mass is 32.2. The quantitative estimate of drug-likeness (QED) is 0.297. The maximum atomic E-state index is 13.1. The normalized spacial score (nSPS) is 13.1. The first-order valence-corrected chi connectivity index (χ1v) is 9.86. The SMILES string of the molecule is CCS(=O)(=O)N(C)CCCNC(=NC)NCc1ccc(F)cc1C(F)(F)F. The van der Waals surface area contributed by atoms with Crippen LogP contribution in [0.3, 0.4) is 0 Å². The van der Waals surface area contributed by atoms with Gasteiger partial charge in [-0.3, -0.25) is 4.99 Å². The van der Waals surface area contributed by atoms with Crippen LogP contribution in [0.4, 0.5) is 17.6 Å². The molecule has 0 atom stereocenters. The molecule has 1 aromatic carbocycles. The molecule has 0 aliphatic rings. The van der Waals surface area contributed by atoms with Crippen LogP contribution in [-0.2, 0) is 22.7 Å². The molecule has 0 radical (unpaired) electrons. The second-order valence-electron chi connectivity index (χ2n) is 5.73. The Hall–Kier alpha value is -1.88. The number of alkyl halides is 3. The van der Waals surface area contributed by atoms with E-state index in [9.17, 15) is 26.0 Å². The van der Waals surface area contributed by atoms with Crippen molar-refractivity contribution in [1.29, 1.82) is 0 Å². The van der Waals surface area contributed by atoms with Crippen LogP contribution in [0, 0.1) is 5.82 Å². The van der Waals surface area contributed by atoms with E-state index >= 15 is 0 Å². The number of guanidine groups is 1. The summed E-state index contributed by atoms with van der Waals surface area (Å²) in [6.07, 6.45) is -4.17. The molecule has 0 amide bonds. The van der Waals surface area contributed by atoms with Crippen molar-refractivity contribution in [2.24, 2.45) is 4.99 Å². The molecule has 1 aromatic rings. The lowest BCUT2D eigenvalue weighted by molar-refractivity contribution is -0.138. The summed E-state index contributed by atoms with van der Waals surface area (Å²) >= 11 is 0. The number of halogens is 4. The van der Waals surface area contributed by atoms with E-state index < -0.39 is 27.6 Å². The maximum Gasteiger partial charge on any atom is 0.416 e. The molecule has 11 heteroatoms. The summed E-state index contributed by atoms with van der Waals surface area (Å²) in [5, 5.41) is 5.63. The first kappa shape index (κ1) is 23.2. The van der Waals surface area contributed by atoms with Gasteiger partial charge in [0.1, 0.15) is 5.82 Å². The summed E-state index contributed by atoms with van der Waals surface area (Å²) in [5.74, 6) is -0.687. The van der Waals surface area contributed by atoms with E-state index in [1.807, 2.05) is 0 Å². The lowest BCUT2D eigenvalue weighted by Crippen LogP contribution is -2.39. The topological polar surface area (TPSA) is 73.8 Å². The van der Waals surface area contributed by atoms with Crippen LogP contribution in [0.1, 0.15) is 24.5 Å². The van der Waals surface area contributed by atoms with Gasteiger partial charge in [-0.2, -0.15) is 13.2 Å². The zero-order valence-corrected chi connectivity index (χ0v) is 16.2. The number of nitrogens with one attached hydrogen (secondary N) is 2. The second-order valence-corrected chi connectivity index (χ2v) is 8.09. The van der Waals surface area contributed by atoms with Crippen LogP contribution in [0.15, 0.2) is 23.2 Å². The lowest BCUT2D eigenvalue weighted by Gasteiger charge is -2.17. The van der Waals surface area contributed by atoms with Crippen LogP contribution < -0.4 is 10.6 Å². The van der Waals surface area contributed by atoms with Crippen molar-refractivity contribution in [3.8, 4) is 0 Å². The highest BCUT2D eigenvalue weighted by molar-refractivity contribution is 7.89. The Labute approximate surface area is 156 Å². The smallest absolute Gasteiger partial charge is 0.356 e. The molecule has 0 unspecified atom stereocenters. The van der Waals surface area contributed by atoms with Gasteiger partial charge in [-0.1, -0.05) is 6.07 Å². The van der Waals surface area contributed by atoms with E-state index in [1.165, 1.54) is 18.4 Å². The highest BCUT2D eigenvalue weighted by Gasteiger charge is 2.33. The molecule has 6 nitrogen and oxygen atoms in total. The molecule has 1 rings (SSSR count). The summed E-state index contributed by atoms with van der Waals surface area (Å²) in [7, 11) is -0.309. The number of aliphatic imine (C=N–C) groups is 1. The standard InChI is InChI=1S/C16H24F4N4O2S/c1-4-27(25,26)24(3)9-5-8-22-15(21-2)23-11-12-6-7-13(17)10-14(12)16(18,19)20/h6-7,10H,4-5,8-9,11H2,1-3H3,(H2,21,22,23). The Kier molecular flexibility index (Phi) is 8.48. The molecule has 0 spiro atoms. The van der Waals surface area contributed by atoms with Gasteiger partial charge in [0.25, 0.3) is 0 Å². The third kappa shape index (κ3) is 7.33. The highest BCUT2D eigenvalue weighted by Crippen LogP contribution is 2.32. The number of rotatable bonds is 8. The monoisotopic (exact) mass is 412 g/mol. The van der Waals surface area contributed by atoms with Gasteiger partial charge in [0, 0.05) is 33.7 Å². The zero-order valence-electron chi connectivity index (χ0n) is 15.4. The van der Waals surface area contributed by atoms with E-state index in [-0.39, 0.29) is 23.8 Å². The summed E-state index contributed by atoms with van der Waals surface area (Å²) < 4.78 is 76.6. The Balaban J connectivity index is 2.57. The Morgan fingerprint density at radius 1 is 1.26 bits per heavy atom. The van der Waals surface area contributed by atoms with Crippen LogP contribution >= 0.6 is 0 Å². The molecular formula is C16H24F4N4O2S. The molecule has 0 fully saturated rings. The lowest BCUT2D eigenvalue weighted by atomic mass is 10.1. The van der Waals surface area contributed by atoms with Crippen molar-refractivity contribution >= 4 is 16.0 Å². The van der Waals surface area contributed by atoms with Crippen LogP contribution in [0.25, 0.3) is 0 Å². The third-order valence-electron chi connectivity index (χ3n) is 3.83. The Bertz CT molecular complexity index is 751. The van der Waals surface area contributed by atoms with Gasteiger partial charge >= 0.3 is 6.18 Å². The van der Waals surface area contributed by atoms with E-state index in [0.29, 0.717) is 25.6 Å². The van der Waals surface area contributed by atoms with Crippen molar-refractivity contribution in [3.05, 3.63) is 35.1 Å². The molecule has 2 N–H and O–H groups in total. The van der Waals surface area contributed by atoms with Crippen molar-refractivity contribution in [2.45, 2.75) is 26.1 Å². The van der Waals surface area contributed by atoms with Gasteiger partial charge in [-0.15, -0.1) is 0 Å². The second kappa shape index (κ2) is 9.88. The molecule has 0 aliphatic heterocycles. The molecule has 0 saturated carbocycles. The maximum absolute atomic E-state index is 13.1. The average molecular weight is 412 g/mol. The van der Waals surface area contributed by atoms with E-state index in [1.54, 1.807) is 6.92 Å². The number of sulfonamides is 1. The molecule has 27 heavy (non-hydrogen) atoms. The molecular weight excluding hydrogens is 388 g/mol. The Morgan fingerprint density at radius 3 is 2.48 bits per heavy atom. The minimum Gasteiger partial charge on any atom is -0.356 e. The number of benzene rings is 1. The van der Waals surface area contributed by atoms with Gasteiger partial charge in [-0.25, -0.2) is 17.1 Å². The third-order valence-corrected chi connectivity index (χ3v) is 5.69. The fourth-order valence-corrected chi connectivity index (χ4v) is 3.08. The summed E-state index contributed by atoms with van der Waals surface area (Å²) in [6.45, 7) is 2.04. The van der Waals surface area contributed by atoms with Crippen LogP contribution in [0.2, 0.25) is 0 Å². The van der Waals surface area contributed by atoms with E-state index in [2.05, 4.69) is 15.6 Å². The zero-order chi connectivity index (χ0) is 20.7. The fourth-order valence-electron chi connectivity index (χ4n) is 2.23. The van der Waals surface area contributed by atoms with E-state index in [4.69, 9.17) is 0 Å². The predicted octanol–water partition coefficient (Wildman–Crippen LogP) is 2.18. The first-order chi connectivity index (χ1) is 12.5. The summed E-state index contributed by atoms with van der Waals surface area (Å²) in [4.78, 5) is 3.90. The Morgan fingerprint density at radius 2 is 1.93 bits per heavy atom. The van der Waals surface area contributed by atoms with Crippen molar-refractivity contribution < 1.29 is 26.0 Å². The molecule has 0 bridgehead atoms. The van der Waals surface area contributed by atoms with Gasteiger partial charge in [0.2, 0.25) is 10.0 Å². The van der Waals surface area contributed by atoms with Crippen molar-refractivity contribution in [2.75, 3.05) is 32.9 Å². The van der Waals surface area contributed by atoms with Gasteiger partial charge in [-0.05, 0) is 31.0 Å². The fraction of sp³-hybridized carbons (Fsp3) is 0.562. The first-order valence-electron chi connectivity index (χ1n) is 8.25. The average Bonchev–Trinajstić information content (AvgIpc) is 2.60. The number of nitrogens with zero attached hydrogens (tertiary/aromatic N) is 2. The number of hydrogen-bond acceptors (Lipinski definition) is 3. The van der Waals surface area contributed by atoms with Crippen LogP contribution in [-0.4, -0.2) is 51.6 Å². The minimum atomic E-state index is -4.66. The summed E-state index contributed by atoms with van der Waals surface area (Å²) in [6, 6.07) is 2.49. The van der Waals surface area contributed by atoms with Crippen molar-refractivity contribution in [3.63, 3.8) is 0 Å².